The molecule has 39 heavy (non-hydrogen) atoms. The van der Waals surface area contributed by atoms with E-state index < -0.39 is 6.10 Å². The molecular weight excluding hydrogens is 496 g/mol. The number of nitrogens with zero attached hydrogens (tertiary/aromatic N) is 2. The van der Waals surface area contributed by atoms with E-state index in [1.165, 1.54) is 0 Å². The van der Waals surface area contributed by atoms with Crippen molar-refractivity contribution in [3.05, 3.63) is 59.3 Å². The van der Waals surface area contributed by atoms with E-state index >= 15 is 0 Å². The summed E-state index contributed by atoms with van der Waals surface area (Å²) >= 11 is 0. The van der Waals surface area contributed by atoms with Gasteiger partial charge in [0.25, 0.3) is 0 Å². The quantitative estimate of drug-likeness (QED) is 0.333. The molecule has 3 aliphatic rings. The van der Waals surface area contributed by atoms with Gasteiger partial charge in [-0.1, -0.05) is 59.9 Å². The molecule has 0 aliphatic carbocycles. The Bertz CT molecular complexity index is 931. The maximum Gasteiger partial charge on any atom is 0.338 e. The first kappa shape index (κ1) is 34.5. The summed E-state index contributed by atoms with van der Waals surface area (Å²) in [6.07, 6.45) is 5.99. The number of esters is 2. The number of carbonyl (C=O) groups excluding carboxylic acids is 2. The fraction of sp³-hybridized carbons (Fsp3) is 0.613. The Morgan fingerprint density at radius 3 is 2.08 bits per heavy atom. The lowest BCUT2D eigenvalue weighted by atomic mass is 10.00. The van der Waals surface area contributed by atoms with E-state index in [9.17, 15) is 19.8 Å². The summed E-state index contributed by atoms with van der Waals surface area (Å²) in [5.41, 5.74) is 3.69. The molecule has 0 aromatic rings. The van der Waals surface area contributed by atoms with Gasteiger partial charge in [-0.15, -0.1) is 0 Å². The lowest BCUT2D eigenvalue weighted by Crippen LogP contribution is -2.37. The molecule has 0 amide bonds. The minimum Gasteiger partial charge on any atom is -0.458 e. The van der Waals surface area contributed by atoms with Crippen molar-refractivity contribution in [1.82, 2.24) is 9.80 Å². The molecule has 2 saturated heterocycles. The topological polar surface area (TPSA) is 99.5 Å². The lowest BCUT2D eigenvalue weighted by molar-refractivity contribution is -0.136. The molecular formula is C31H50N2O6. The van der Waals surface area contributed by atoms with Crippen molar-refractivity contribution >= 4 is 11.9 Å². The van der Waals surface area contributed by atoms with Crippen LogP contribution >= 0.6 is 0 Å². The highest BCUT2D eigenvalue weighted by Crippen LogP contribution is 2.24. The summed E-state index contributed by atoms with van der Waals surface area (Å²) in [7, 11) is 0. The van der Waals surface area contributed by atoms with E-state index in [-0.39, 0.29) is 24.6 Å². The fourth-order valence-electron chi connectivity index (χ4n) is 4.53. The van der Waals surface area contributed by atoms with Gasteiger partial charge in [-0.25, -0.2) is 9.59 Å². The van der Waals surface area contributed by atoms with Gasteiger partial charge < -0.3 is 19.7 Å². The van der Waals surface area contributed by atoms with Crippen LogP contribution in [-0.4, -0.2) is 96.6 Å². The highest BCUT2D eigenvalue weighted by atomic mass is 16.5. The number of cyclic esters (lactones) is 2. The fourth-order valence-corrected chi connectivity index (χ4v) is 4.53. The molecule has 8 nitrogen and oxygen atoms in total. The molecule has 0 radical (unpaired) electrons. The van der Waals surface area contributed by atoms with Crippen molar-refractivity contribution in [2.45, 2.75) is 66.6 Å². The summed E-state index contributed by atoms with van der Waals surface area (Å²) < 4.78 is 9.93. The first-order valence-electron chi connectivity index (χ1n) is 14.2. The second-order valence-corrected chi connectivity index (χ2v) is 10.0. The third-order valence-corrected chi connectivity index (χ3v) is 6.58. The third kappa shape index (κ3) is 11.2. The molecule has 2 N–H and O–H groups in total. The molecule has 3 rings (SSSR count). The van der Waals surface area contributed by atoms with Crippen molar-refractivity contribution in [2.24, 2.45) is 5.92 Å². The highest BCUT2D eigenvalue weighted by Gasteiger charge is 2.26. The van der Waals surface area contributed by atoms with Crippen LogP contribution in [0.3, 0.4) is 0 Å². The smallest absolute Gasteiger partial charge is 0.338 e. The zero-order valence-electron chi connectivity index (χ0n) is 24.9. The summed E-state index contributed by atoms with van der Waals surface area (Å²) in [4.78, 5) is 27.2. The maximum absolute atomic E-state index is 11.7. The van der Waals surface area contributed by atoms with Crippen molar-refractivity contribution in [3.8, 4) is 0 Å². The molecule has 2 fully saturated rings. The summed E-state index contributed by atoms with van der Waals surface area (Å²) in [6.45, 7) is 24.9. The average molecular weight is 547 g/mol. The monoisotopic (exact) mass is 546 g/mol. The van der Waals surface area contributed by atoms with Gasteiger partial charge in [0.15, 0.2) is 0 Å². The van der Waals surface area contributed by atoms with Gasteiger partial charge in [-0.05, 0) is 56.0 Å². The van der Waals surface area contributed by atoms with Gasteiger partial charge in [0.2, 0.25) is 0 Å². The van der Waals surface area contributed by atoms with Crippen LogP contribution in [0, 0.1) is 5.92 Å². The molecule has 220 valence electrons. The Morgan fingerprint density at radius 2 is 1.56 bits per heavy atom. The van der Waals surface area contributed by atoms with Crippen molar-refractivity contribution in [1.29, 1.82) is 0 Å². The second kappa shape index (κ2) is 17.9. The van der Waals surface area contributed by atoms with Crippen molar-refractivity contribution < 1.29 is 29.3 Å². The third-order valence-electron chi connectivity index (χ3n) is 6.58. The van der Waals surface area contributed by atoms with Crippen molar-refractivity contribution in [2.75, 3.05) is 52.5 Å². The van der Waals surface area contributed by atoms with Gasteiger partial charge in [0.1, 0.15) is 13.2 Å². The van der Waals surface area contributed by atoms with Crippen LogP contribution < -0.4 is 0 Å². The first-order chi connectivity index (χ1) is 18.6. The zero-order valence-corrected chi connectivity index (χ0v) is 24.9. The van der Waals surface area contributed by atoms with E-state index in [1.54, 1.807) is 12.2 Å². The number of aliphatic hydroxyl groups excluding tert-OH is 2. The molecule has 0 aromatic heterocycles. The van der Waals surface area contributed by atoms with Crippen LogP contribution in [0.5, 0.6) is 0 Å². The molecule has 0 saturated carbocycles. The minimum atomic E-state index is -0.676. The van der Waals surface area contributed by atoms with Crippen LogP contribution in [0.1, 0.15) is 54.4 Å². The molecule has 2 atom stereocenters. The predicted octanol–water partition coefficient (Wildman–Crippen LogP) is 3.82. The minimum absolute atomic E-state index is 0.233. The number of hydrogen-bond acceptors (Lipinski definition) is 8. The van der Waals surface area contributed by atoms with Gasteiger partial charge in [-0.3, -0.25) is 9.80 Å². The van der Waals surface area contributed by atoms with E-state index in [4.69, 9.17) is 9.47 Å². The lowest BCUT2D eigenvalue weighted by Gasteiger charge is -2.24. The number of ether oxygens (including phenoxy) is 2. The van der Waals surface area contributed by atoms with E-state index in [2.05, 4.69) is 23.0 Å². The van der Waals surface area contributed by atoms with Gasteiger partial charge >= 0.3 is 11.9 Å². The molecule has 0 bridgehead atoms. The summed E-state index contributed by atoms with van der Waals surface area (Å²) in [5, 5.41) is 20.1. The summed E-state index contributed by atoms with van der Waals surface area (Å²) in [6, 6.07) is 0. The van der Waals surface area contributed by atoms with Crippen LogP contribution in [-0.2, 0) is 19.1 Å². The van der Waals surface area contributed by atoms with E-state index in [0.29, 0.717) is 42.3 Å². The van der Waals surface area contributed by atoms with E-state index in [0.717, 1.165) is 50.2 Å². The van der Waals surface area contributed by atoms with Crippen LogP contribution in [0.25, 0.3) is 0 Å². The Labute approximate surface area is 235 Å². The molecule has 3 aliphatic heterocycles. The second-order valence-electron chi connectivity index (χ2n) is 10.0. The van der Waals surface area contributed by atoms with Gasteiger partial charge in [-0.2, -0.15) is 0 Å². The standard InChI is InChI=1S/C20H32N2O4.C9H12O2.C2H6/c1-4-6-18-17(14-26-20(18)25)11-15(2)19(24)13-22-8-5-7-21(9-10-22)12-16(3)23;1-4-7-8(6(2)3)5-11-9(7)10;1-2/h6,11,16,19,23-24H,2,4-5,7-10,12-14H2,1,3H3;4,6H,1,5H2,2-3H3;1-2H3/b17-11-,18-6+;;. The molecule has 8 heteroatoms. The first-order valence-corrected chi connectivity index (χ1v) is 14.2. The van der Waals surface area contributed by atoms with Crippen LogP contribution in [0.4, 0.5) is 0 Å². The Balaban J connectivity index is 0.000000487. The number of hydrogen-bond donors (Lipinski definition) is 2. The summed E-state index contributed by atoms with van der Waals surface area (Å²) in [5.74, 6) is -0.163. The Kier molecular flexibility index (Phi) is 15.9. The molecule has 0 spiro atoms. The van der Waals surface area contributed by atoms with Gasteiger partial charge in [0.05, 0.1) is 23.4 Å². The van der Waals surface area contributed by atoms with Crippen molar-refractivity contribution in [3.63, 3.8) is 0 Å². The number of rotatable bonds is 9. The van der Waals surface area contributed by atoms with Gasteiger partial charge in [0, 0.05) is 31.8 Å². The SMILES string of the molecule is C=C(/C=C1/COC(=O)/C1=C/CC)C(O)CN1CCCN(CC(C)O)CC1.C=CC1=C(C(C)C)COC1=O.CC. The largest absolute Gasteiger partial charge is 0.458 e. The average Bonchev–Trinajstić information content (AvgIpc) is 3.36. The molecule has 0 aromatic carbocycles. The van der Waals surface area contributed by atoms with Crippen LogP contribution in [0.15, 0.2) is 59.3 Å². The number of carbonyl (C=O) groups is 2. The number of allylic oxidation sites excluding steroid dienone is 1. The number of β-amino-alcohol motifs (C(OH)–C–C–N with tert-alkyl or cyclic N) is 2. The normalized spacial score (nSPS) is 22.0. The molecule has 2 unspecified atom stereocenters. The predicted molar refractivity (Wildman–Crippen MR) is 156 cm³/mol. The van der Waals surface area contributed by atoms with Crippen LogP contribution in [0.2, 0.25) is 0 Å². The zero-order chi connectivity index (χ0) is 29.5. The molecule has 3 heterocycles. The maximum atomic E-state index is 11.7. The van der Waals surface area contributed by atoms with E-state index in [1.807, 2.05) is 47.6 Å². The number of aliphatic hydroxyl groups is 2. The Hall–Kier alpha value is -2.52. The highest BCUT2D eigenvalue weighted by molar-refractivity contribution is 5.96. The Morgan fingerprint density at radius 1 is 0.974 bits per heavy atom.